The Balaban J connectivity index is 2.14. The van der Waals surface area contributed by atoms with Gasteiger partial charge in [0.2, 0.25) is 0 Å². The van der Waals surface area contributed by atoms with Crippen LogP contribution in [0, 0.1) is 13.8 Å². The average molecular weight is 248 g/mol. The van der Waals surface area contributed by atoms with E-state index in [4.69, 9.17) is 5.73 Å². The van der Waals surface area contributed by atoms with Crippen LogP contribution in [-0.2, 0) is 0 Å². The topological polar surface area (TPSA) is 38.9 Å². The molecule has 0 aliphatic rings. The third kappa shape index (κ3) is 2.17. The molecule has 19 heavy (non-hydrogen) atoms. The molecule has 1 heterocycles. The second-order valence-corrected chi connectivity index (χ2v) is 4.93. The van der Waals surface area contributed by atoms with Crippen LogP contribution in [0.1, 0.15) is 11.3 Å². The fourth-order valence-electron chi connectivity index (χ4n) is 2.26. The summed E-state index contributed by atoms with van der Waals surface area (Å²) in [5.74, 6) is 0. The number of nitrogens with zero attached hydrogens (tertiary/aromatic N) is 1. The number of aromatic nitrogens is 1. The molecule has 0 bridgehead atoms. The number of benzene rings is 2. The second kappa shape index (κ2) is 4.39. The van der Waals surface area contributed by atoms with Gasteiger partial charge in [0.1, 0.15) is 0 Å². The van der Waals surface area contributed by atoms with Crippen LogP contribution >= 0.6 is 0 Å². The summed E-state index contributed by atoms with van der Waals surface area (Å²) in [6, 6.07) is 16.7. The Morgan fingerprint density at radius 3 is 2.37 bits per heavy atom. The molecule has 0 aliphatic heterocycles. The van der Waals surface area contributed by atoms with E-state index in [-0.39, 0.29) is 0 Å². The van der Waals surface area contributed by atoms with E-state index in [1.807, 2.05) is 26.0 Å². The quantitative estimate of drug-likeness (QED) is 0.658. The summed E-state index contributed by atoms with van der Waals surface area (Å²) >= 11 is 0. The molecule has 0 saturated heterocycles. The molecule has 0 fully saturated rings. The minimum absolute atomic E-state index is 0.835. The van der Waals surface area contributed by atoms with E-state index in [0.717, 1.165) is 27.8 Å². The lowest BCUT2D eigenvalue weighted by atomic mass is 10.0. The minimum atomic E-state index is 0.835. The van der Waals surface area contributed by atoms with E-state index in [1.165, 1.54) is 11.1 Å². The molecule has 1 aromatic heterocycles. The Bertz CT molecular complexity index is 760. The van der Waals surface area contributed by atoms with Gasteiger partial charge >= 0.3 is 0 Å². The van der Waals surface area contributed by atoms with Crippen molar-refractivity contribution in [1.82, 2.24) is 4.98 Å². The number of anilines is 1. The highest BCUT2D eigenvalue weighted by Crippen LogP contribution is 2.26. The summed E-state index contributed by atoms with van der Waals surface area (Å²) in [7, 11) is 0. The first kappa shape index (κ1) is 11.7. The number of pyridine rings is 1. The normalized spacial score (nSPS) is 10.8. The molecule has 2 heteroatoms. The molecule has 0 amide bonds. The molecule has 0 unspecified atom stereocenters. The Morgan fingerprint density at radius 1 is 0.842 bits per heavy atom. The van der Waals surface area contributed by atoms with Crippen molar-refractivity contribution in [2.24, 2.45) is 0 Å². The zero-order valence-electron chi connectivity index (χ0n) is 11.1. The van der Waals surface area contributed by atoms with Gasteiger partial charge in [0, 0.05) is 16.8 Å². The molecule has 0 aliphatic carbocycles. The SMILES string of the molecule is Cc1ccc2cc(-c3ccc(N)c(C)c3)ccc2n1. The van der Waals surface area contributed by atoms with Crippen LogP contribution < -0.4 is 5.73 Å². The summed E-state index contributed by atoms with van der Waals surface area (Å²) in [5, 5.41) is 1.16. The lowest BCUT2D eigenvalue weighted by molar-refractivity contribution is 1.26. The fourth-order valence-corrected chi connectivity index (χ4v) is 2.26. The largest absolute Gasteiger partial charge is 0.399 e. The molecule has 0 atom stereocenters. The predicted molar refractivity (Wildman–Crippen MR) is 81.1 cm³/mol. The van der Waals surface area contributed by atoms with Crippen LogP contribution in [0.4, 0.5) is 5.69 Å². The number of rotatable bonds is 1. The van der Waals surface area contributed by atoms with E-state index >= 15 is 0 Å². The Kier molecular flexibility index (Phi) is 2.71. The van der Waals surface area contributed by atoms with Gasteiger partial charge in [0.15, 0.2) is 0 Å². The molecule has 2 aromatic carbocycles. The van der Waals surface area contributed by atoms with Crippen LogP contribution in [0.25, 0.3) is 22.0 Å². The maximum atomic E-state index is 5.86. The zero-order valence-corrected chi connectivity index (χ0v) is 11.1. The van der Waals surface area contributed by atoms with Gasteiger partial charge in [-0.05, 0) is 60.9 Å². The van der Waals surface area contributed by atoms with E-state index in [1.54, 1.807) is 0 Å². The van der Waals surface area contributed by atoms with Crippen LogP contribution in [0.5, 0.6) is 0 Å². The van der Waals surface area contributed by atoms with Gasteiger partial charge in [0.25, 0.3) is 0 Å². The first-order valence-electron chi connectivity index (χ1n) is 6.37. The van der Waals surface area contributed by atoms with Crippen molar-refractivity contribution >= 4 is 16.6 Å². The average Bonchev–Trinajstić information content (AvgIpc) is 2.41. The van der Waals surface area contributed by atoms with Crippen LogP contribution in [0.3, 0.4) is 0 Å². The molecule has 3 rings (SSSR count). The molecule has 0 saturated carbocycles. The molecular formula is C17H16N2. The Morgan fingerprint density at radius 2 is 1.58 bits per heavy atom. The van der Waals surface area contributed by atoms with Crippen molar-refractivity contribution in [2.75, 3.05) is 5.73 Å². The van der Waals surface area contributed by atoms with E-state index < -0.39 is 0 Å². The monoisotopic (exact) mass is 248 g/mol. The van der Waals surface area contributed by atoms with Gasteiger partial charge in [-0.25, -0.2) is 0 Å². The second-order valence-electron chi connectivity index (χ2n) is 4.93. The smallest absolute Gasteiger partial charge is 0.0705 e. The molecule has 2 nitrogen and oxygen atoms in total. The number of hydrogen-bond acceptors (Lipinski definition) is 2. The first-order valence-corrected chi connectivity index (χ1v) is 6.37. The van der Waals surface area contributed by atoms with Crippen LogP contribution in [0.2, 0.25) is 0 Å². The summed E-state index contributed by atoms with van der Waals surface area (Å²) in [6.07, 6.45) is 0. The first-order chi connectivity index (χ1) is 9.13. The highest BCUT2D eigenvalue weighted by molar-refractivity contribution is 5.85. The summed E-state index contributed by atoms with van der Waals surface area (Å²) in [5.41, 5.74) is 12.3. The third-order valence-corrected chi connectivity index (χ3v) is 3.43. The van der Waals surface area contributed by atoms with Gasteiger partial charge in [-0.2, -0.15) is 0 Å². The molecule has 0 radical (unpaired) electrons. The highest BCUT2D eigenvalue weighted by atomic mass is 14.7. The summed E-state index contributed by atoms with van der Waals surface area (Å²) in [4.78, 5) is 4.52. The molecule has 0 spiro atoms. The molecule has 3 aromatic rings. The van der Waals surface area contributed by atoms with Gasteiger partial charge in [-0.15, -0.1) is 0 Å². The van der Waals surface area contributed by atoms with Crippen molar-refractivity contribution in [1.29, 1.82) is 0 Å². The van der Waals surface area contributed by atoms with Crippen molar-refractivity contribution in [3.05, 3.63) is 59.8 Å². The van der Waals surface area contributed by atoms with Gasteiger partial charge < -0.3 is 5.73 Å². The van der Waals surface area contributed by atoms with E-state index in [2.05, 4.69) is 41.4 Å². The Labute approximate surface area is 112 Å². The van der Waals surface area contributed by atoms with E-state index in [0.29, 0.717) is 0 Å². The maximum Gasteiger partial charge on any atom is 0.0705 e. The maximum absolute atomic E-state index is 5.86. The van der Waals surface area contributed by atoms with E-state index in [9.17, 15) is 0 Å². The highest BCUT2D eigenvalue weighted by Gasteiger charge is 2.02. The number of nitrogens with two attached hydrogens (primary N) is 1. The van der Waals surface area contributed by atoms with Gasteiger partial charge in [0.05, 0.1) is 5.52 Å². The fraction of sp³-hybridized carbons (Fsp3) is 0.118. The molecular weight excluding hydrogens is 232 g/mol. The summed E-state index contributed by atoms with van der Waals surface area (Å²) in [6.45, 7) is 4.04. The van der Waals surface area contributed by atoms with Crippen molar-refractivity contribution in [2.45, 2.75) is 13.8 Å². The van der Waals surface area contributed by atoms with Crippen LogP contribution in [-0.4, -0.2) is 4.98 Å². The van der Waals surface area contributed by atoms with Crippen LogP contribution in [0.15, 0.2) is 48.5 Å². The number of fused-ring (bicyclic) bond motifs is 1. The van der Waals surface area contributed by atoms with Crippen molar-refractivity contribution in [3.63, 3.8) is 0 Å². The Hall–Kier alpha value is -2.35. The predicted octanol–water partition coefficient (Wildman–Crippen LogP) is 4.10. The lowest BCUT2D eigenvalue weighted by Gasteiger charge is -2.07. The third-order valence-electron chi connectivity index (χ3n) is 3.43. The summed E-state index contributed by atoms with van der Waals surface area (Å²) < 4.78 is 0. The van der Waals surface area contributed by atoms with Crippen molar-refractivity contribution in [3.8, 4) is 11.1 Å². The molecule has 2 N–H and O–H groups in total. The zero-order chi connectivity index (χ0) is 13.4. The van der Waals surface area contributed by atoms with Gasteiger partial charge in [-0.3, -0.25) is 4.98 Å². The number of aryl methyl sites for hydroxylation is 2. The van der Waals surface area contributed by atoms with Gasteiger partial charge in [-0.1, -0.05) is 18.2 Å². The molecule has 94 valence electrons. The van der Waals surface area contributed by atoms with Crippen molar-refractivity contribution < 1.29 is 0 Å². The standard InChI is InChI=1S/C17H16N2/c1-11-9-13(5-7-16(11)18)14-6-8-17-15(10-14)4-3-12(2)19-17/h3-10H,18H2,1-2H3. The number of hydrogen-bond donors (Lipinski definition) is 1. The lowest BCUT2D eigenvalue weighted by Crippen LogP contribution is -1.90. The number of nitrogen functional groups attached to an aromatic ring is 1. The minimum Gasteiger partial charge on any atom is -0.399 e.